The van der Waals surface area contributed by atoms with E-state index in [1.54, 1.807) is 48.5 Å². The topological polar surface area (TPSA) is 66.5 Å². The molecule has 1 fully saturated rings. The highest BCUT2D eigenvalue weighted by Crippen LogP contribution is 2.33. The Hall–Kier alpha value is -2.96. The molecule has 1 unspecified atom stereocenters. The van der Waals surface area contributed by atoms with E-state index in [0.717, 1.165) is 30.6 Å². The van der Waals surface area contributed by atoms with Gasteiger partial charge in [0, 0.05) is 21.5 Å². The zero-order valence-corrected chi connectivity index (χ0v) is 21.3. The number of rotatable bonds is 8. The molecule has 1 N–H and O–H groups in total. The van der Waals surface area contributed by atoms with Crippen LogP contribution in [0.15, 0.2) is 66.0 Å². The van der Waals surface area contributed by atoms with Gasteiger partial charge in [-0.15, -0.1) is 11.3 Å². The molecule has 2 aromatic carbocycles. The monoisotopic (exact) mass is 508 g/mol. The fourth-order valence-electron chi connectivity index (χ4n) is 4.64. The number of halogens is 1. The molecule has 1 aliphatic carbocycles. The summed E-state index contributed by atoms with van der Waals surface area (Å²) in [6.07, 6.45) is 5.29. The first kappa shape index (κ1) is 25.1. The summed E-state index contributed by atoms with van der Waals surface area (Å²) in [4.78, 5) is 42.7. The minimum Gasteiger partial charge on any atom is -0.351 e. The summed E-state index contributed by atoms with van der Waals surface area (Å²) in [5.74, 6) is -0.672. The van der Waals surface area contributed by atoms with Crippen molar-refractivity contribution in [2.45, 2.75) is 57.5 Å². The molecular formula is C28H29ClN2O3S. The van der Waals surface area contributed by atoms with Gasteiger partial charge in [-0.05, 0) is 61.0 Å². The Kier molecular flexibility index (Phi) is 8.37. The van der Waals surface area contributed by atoms with Crippen LogP contribution in [0.2, 0.25) is 5.02 Å². The highest BCUT2D eigenvalue weighted by molar-refractivity contribution is 7.10. The van der Waals surface area contributed by atoms with Crippen molar-refractivity contribution in [2.75, 3.05) is 4.90 Å². The number of ketones is 1. The number of nitrogens with zero attached hydrogens (tertiary/aromatic N) is 1. The van der Waals surface area contributed by atoms with Crippen LogP contribution in [0.1, 0.15) is 65.9 Å². The average Bonchev–Trinajstić information content (AvgIpc) is 3.36. The number of Topliss-reactive ketones (excluding diaryl/α,β-unsaturated/α-hetero) is 1. The van der Waals surface area contributed by atoms with E-state index in [0.29, 0.717) is 21.8 Å². The van der Waals surface area contributed by atoms with Gasteiger partial charge < -0.3 is 5.32 Å². The van der Waals surface area contributed by atoms with Gasteiger partial charge in [0.1, 0.15) is 6.04 Å². The standard InChI is InChI=1S/C28H29ClN2O3S/c1-19(32)24-11-5-6-12-25(24)31(26(33)18-23-10-7-17-35-23)27(20-13-15-21(29)16-14-20)28(34)30-22-8-3-2-4-9-22/h5-7,10-17,22,27H,2-4,8-9,18H2,1H3,(H,30,34). The van der Waals surface area contributed by atoms with Gasteiger partial charge in [-0.1, -0.05) is 61.2 Å². The molecule has 1 atom stereocenters. The number of nitrogens with one attached hydrogen (secondary N) is 1. The van der Waals surface area contributed by atoms with Crippen LogP contribution in [0, 0.1) is 0 Å². The zero-order valence-electron chi connectivity index (χ0n) is 19.7. The molecule has 0 bridgehead atoms. The maximum absolute atomic E-state index is 13.9. The van der Waals surface area contributed by atoms with Crippen molar-refractivity contribution in [3.8, 4) is 0 Å². The summed E-state index contributed by atoms with van der Waals surface area (Å²) in [7, 11) is 0. The SMILES string of the molecule is CC(=O)c1ccccc1N(C(=O)Cc1cccs1)C(C(=O)NC1CCCCC1)c1ccc(Cl)cc1. The second-order valence-electron chi connectivity index (χ2n) is 8.89. The lowest BCUT2D eigenvalue weighted by molar-refractivity contribution is -0.127. The van der Waals surface area contributed by atoms with Gasteiger partial charge >= 0.3 is 0 Å². The van der Waals surface area contributed by atoms with Crippen molar-refractivity contribution >= 4 is 46.2 Å². The lowest BCUT2D eigenvalue weighted by Gasteiger charge is -2.34. The highest BCUT2D eigenvalue weighted by Gasteiger charge is 2.35. The molecule has 35 heavy (non-hydrogen) atoms. The number of para-hydroxylation sites is 1. The lowest BCUT2D eigenvalue weighted by Crippen LogP contribution is -2.48. The van der Waals surface area contributed by atoms with Crippen LogP contribution in [0.25, 0.3) is 0 Å². The number of carbonyl (C=O) groups is 3. The fraction of sp³-hybridized carbons (Fsp3) is 0.321. The van der Waals surface area contributed by atoms with Crippen LogP contribution in [0.3, 0.4) is 0 Å². The third-order valence-corrected chi connectivity index (χ3v) is 7.49. The summed E-state index contributed by atoms with van der Waals surface area (Å²) in [5, 5.41) is 5.66. The molecule has 1 heterocycles. The number of amides is 2. The smallest absolute Gasteiger partial charge is 0.248 e. The molecule has 3 aromatic rings. The number of hydrogen-bond donors (Lipinski definition) is 1. The van der Waals surface area contributed by atoms with Gasteiger partial charge in [-0.25, -0.2) is 0 Å². The van der Waals surface area contributed by atoms with Gasteiger partial charge in [0.2, 0.25) is 11.8 Å². The quantitative estimate of drug-likeness (QED) is 0.359. The minimum absolute atomic E-state index is 0.0725. The normalized spacial score (nSPS) is 14.8. The van der Waals surface area contributed by atoms with E-state index < -0.39 is 6.04 Å². The Labute approximate surface area is 215 Å². The Balaban J connectivity index is 1.81. The molecule has 0 spiro atoms. The largest absolute Gasteiger partial charge is 0.351 e. The Bertz CT molecular complexity index is 1170. The number of thiophene rings is 1. The molecular weight excluding hydrogens is 480 g/mol. The summed E-state index contributed by atoms with van der Waals surface area (Å²) in [6, 6.07) is 16.9. The first-order valence-electron chi connectivity index (χ1n) is 11.9. The number of benzene rings is 2. The van der Waals surface area contributed by atoms with Crippen LogP contribution >= 0.6 is 22.9 Å². The molecule has 1 saturated carbocycles. The molecule has 7 heteroatoms. The van der Waals surface area contributed by atoms with Crippen LogP contribution < -0.4 is 10.2 Å². The Morgan fingerprint density at radius 2 is 1.71 bits per heavy atom. The molecule has 0 aliphatic heterocycles. The van der Waals surface area contributed by atoms with E-state index in [4.69, 9.17) is 11.6 Å². The molecule has 0 saturated heterocycles. The summed E-state index contributed by atoms with van der Waals surface area (Å²) < 4.78 is 0. The highest BCUT2D eigenvalue weighted by atomic mass is 35.5. The molecule has 1 aliphatic rings. The Morgan fingerprint density at radius 3 is 2.37 bits per heavy atom. The third kappa shape index (κ3) is 6.19. The van der Waals surface area contributed by atoms with Crippen molar-refractivity contribution in [1.82, 2.24) is 5.32 Å². The fourth-order valence-corrected chi connectivity index (χ4v) is 5.46. The van der Waals surface area contributed by atoms with Gasteiger partial charge in [0.05, 0.1) is 12.1 Å². The van der Waals surface area contributed by atoms with Gasteiger partial charge in [-0.3, -0.25) is 19.3 Å². The zero-order chi connectivity index (χ0) is 24.8. The molecule has 0 radical (unpaired) electrons. The molecule has 182 valence electrons. The van der Waals surface area contributed by atoms with Gasteiger partial charge in [0.15, 0.2) is 5.78 Å². The van der Waals surface area contributed by atoms with Crippen LogP contribution in [-0.2, 0) is 16.0 Å². The Morgan fingerprint density at radius 1 is 1.00 bits per heavy atom. The molecule has 1 aromatic heterocycles. The van der Waals surface area contributed by atoms with Gasteiger partial charge in [0.25, 0.3) is 0 Å². The van der Waals surface area contributed by atoms with Crippen molar-refractivity contribution in [2.24, 2.45) is 0 Å². The second kappa shape index (κ2) is 11.6. The van der Waals surface area contributed by atoms with Crippen LogP contribution in [-0.4, -0.2) is 23.6 Å². The second-order valence-corrected chi connectivity index (χ2v) is 10.4. The third-order valence-electron chi connectivity index (χ3n) is 6.36. The van der Waals surface area contributed by atoms with Crippen molar-refractivity contribution in [3.05, 3.63) is 87.1 Å². The van der Waals surface area contributed by atoms with E-state index in [1.807, 2.05) is 17.5 Å². The van der Waals surface area contributed by atoms with E-state index in [2.05, 4.69) is 5.32 Å². The van der Waals surface area contributed by atoms with Gasteiger partial charge in [-0.2, -0.15) is 0 Å². The predicted octanol–water partition coefficient (Wildman–Crippen LogP) is 6.37. The molecule has 2 amide bonds. The maximum Gasteiger partial charge on any atom is 0.248 e. The van der Waals surface area contributed by atoms with Crippen molar-refractivity contribution in [3.63, 3.8) is 0 Å². The van der Waals surface area contributed by atoms with E-state index in [-0.39, 0.29) is 30.1 Å². The lowest BCUT2D eigenvalue weighted by atomic mass is 9.94. The average molecular weight is 509 g/mol. The van der Waals surface area contributed by atoms with E-state index in [1.165, 1.54) is 29.6 Å². The summed E-state index contributed by atoms with van der Waals surface area (Å²) >= 11 is 7.64. The maximum atomic E-state index is 13.9. The number of hydrogen-bond acceptors (Lipinski definition) is 4. The number of anilines is 1. The minimum atomic E-state index is -0.942. The van der Waals surface area contributed by atoms with Crippen LogP contribution in [0.4, 0.5) is 5.69 Å². The number of carbonyl (C=O) groups excluding carboxylic acids is 3. The van der Waals surface area contributed by atoms with Crippen molar-refractivity contribution in [1.29, 1.82) is 0 Å². The van der Waals surface area contributed by atoms with E-state index >= 15 is 0 Å². The predicted molar refractivity (Wildman–Crippen MR) is 141 cm³/mol. The summed E-state index contributed by atoms with van der Waals surface area (Å²) in [6.45, 7) is 1.47. The molecule has 5 nitrogen and oxygen atoms in total. The van der Waals surface area contributed by atoms with Crippen LogP contribution in [0.5, 0.6) is 0 Å². The van der Waals surface area contributed by atoms with Crippen molar-refractivity contribution < 1.29 is 14.4 Å². The summed E-state index contributed by atoms with van der Waals surface area (Å²) in [5.41, 5.74) is 1.47. The van der Waals surface area contributed by atoms with E-state index in [9.17, 15) is 14.4 Å². The first-order chi connectivity index (χ1) is 16.9. The molecule has 4 rings (SSSR count). The first-order valence-corrected chi connectivity index (χ1v) is 13.2.